The van der Waals surface area contributed by atoms with E-state index in [1.54, 1.807) is 43.5 Å². The summed E-state index contributed by atoms with van der Waals surface area (Å²) in [5, 5.41) is 18.3. The second-order valence-electron chi connectivity index (χ2n) is 7.42. The standard InChI is InChI=1S/C22H24N6O3/c1-31-17-12-10-15(11-13-17)22(30)24-19-9-5-4-8-18(19)21-25-27-28(26-21)14-20(29)23-16-6-2-3-7-16/h4-5,8-13,16H,2-3,6-7,14H2,1H3,(H,23,29)(H,24,30). The topological polar surface area (TPSA) is 111 Å². The Hall–Kier alpha value is -3.75. The van der Waals surface area contributed by atoms with Crippen molar-refractivity contribution >= 4 is 17.5 Å². The molecule has 1 aliphatic carbocycles. The molecule has 9 heteroatoms. The van der Waals surface area contributed by atoms with E-state index in [1.807, 2.05) is 12.1 Å². The lowest BCUT2D eigenvalue weighted by atomic mass is 10.1. The van der Waals surface area contributed by atoms with E-state index in [1.165, 1.54) is 4.80 Å². The number of para-hydroxylation sites is 1. The largest absolute Gasteiger partial charge is 0.497 e. The van der Waals surface area contributed by atoms with E-state index in [0.717, 1.165) is 25.7 Å². The number of carbonyl (C=O) groups excluding carboxylic acids is 2. The molecule has 1 heterocycles. The molecule has 1 fully saturated rings. The molecule has 9 nitrogen and oxygen atoms in total. The molecule has 31 heavy (non-hydrogen) atoms. The van der Waals surface area contributed by atoms with Crippen LogP contribution in [0.2, 0.25) is 0 Å². The number of ether oxygens (including phenoxy) is 1. The molecule has 0 saturated heterocycles. The molecule has 2 N–H and O–H groups in total. The number of rotatable bonds is 7. The average molecular weight is 420 g/mol. The van der Waals surface area contributed by atoms with E-state index in [-0.39, 0.29) is 24.4 Å². The fraction of sp³-hybridized carbons (Fsp3) is 0.318. The predicted molar refractivity (Wildman–Crippen MR) is 115 cm³/mol. The number of nitrogens with one attached hydrogen (secondary N) is 2. The smallest absolute Gasteiger partial charge is 0.255 e. The summed E-state index contributed by atoms with van der Waals surface area (Å²) in [5.41, 5.74) is 1.67. The molecule has 3 aromatic rings. The molecule has 0 radical (unpaired) electrons. The Morgan fingerprint density at radius 3 is 2.58 bits per heavy atom. The Morgan fingerprint density at radius 2 is 1.84 bits per heavy atom. The third kappa shape index (κ3) is 5.06. The van der Waals surface area contributed by atoms with E-state index >= 15 is 0 Å². The van der Waals surface area contributed by atoms with Gasteiger partial charge in [0.2, 0.25) is 11.7 Å². The minimum Gasteiger partial charge on any atom is -0.497 e. The molecule has 4 rings (SSSR count). The van der Waals surface area contributed by atoms with Gasteiger partial charge in [-0.05, 0) is 54.5 Å². The normalized spacial score (nSPS) is 13.7. The Morgan fingerprint density at radius 1 is 1.10 bits per heavy atom. The second-order valence-corrected chi connectivity index (χ2v) is 7.42. The van der Waals surface area contributed by atoms with Gasteiger partial charge in [0.15, 0.2) is 0 Å². The van der Waals surface area contributed by atoms with Crippen LogP contribution in [0.3, 0.4) is 0 Å². The quantitative estimate of drug-likeness (QED) is 0.608. The van der Waals surface area contributed by atoms with Crippen molar-refractivity contribution in [3.05, 3.63) is 54.1 Å². The minimum absolute atomic E-state index is 0.00384. The Bertz CT molecular complexity index is 1060. The lowest BCUT2D eigenvalue weighted by Gasteiger charge is -2.11. The molecule has 0 aliphatic heterocycles. The van der Waals surface area contributed by atoms with Gasteiger partial charge in [-0.1, -0.05) is 25.0 Å². The van der Waals surface area contributed by atoms with Crippen LogP contribution >= 0.6 is 0 Å². The molecule has 0 bridgehead atoms. The summed E-state index contributed by atoms with van der Waals surface area (Å²) in [7, 11) is 1.57. The van der Waals surface area contributed by atoms with Gasteiger partial charge in [-0.25, -0.2) is 0 Å². The summed E-state index contributed by atoms with van der Waals surface area (Å²) in [6.07, 6.45) is 4.33. The van der Waals surface area contributed by atoms with Crippen molar-refractivity contribution < 1.29 is 14.3 Å². The van der Waals surface area contributed by atoms with Crippen LogP contribution in [0.15, 0.2) is 48.5 Å². The van der Waals surface area contributed by atoms with E-state index < -0.39 is 0 Å². The Labute approximate surface area is 179 Å². The zero-order valence-electron chi connectivity index (χ0n) is 17.2. The number of aromatic nitrogens is 4. The molecule has 2 amide bonds. The molecule has 0 atom stereocenters. The van der Waals surface area contributed by atoms with Crippen molar-refractivity contribution in [1.29, 1.82) is 0 Å². The van der Waals surface area contributed by atoms with Gasteiger partial charge >= 0.3 is 0 Å². The fourth-order valence-corrected chi connectivity index (χ4v) is 3.61. The van der Waals surface area contributed by atoms with Crippen LogP contribution in [0, 0.1) is 0 Å². The highest BCUT2D eigenvalue weighted by atomic mass is 16.5. The maximum Gasteiger partial charge on any atom is 0.255 e. The maximum atomic E-state index is 12.6. The van der Waals surface area contributed by atoms with Crippen molar-refractivity contribution in [1.82, 2.24) is 25.5 Å². The highest BCUT2D eigenvalue weighted by Crippen LogP contribution is 2.25. The van der Waals surface area contributed by atoms with Crippen molar-refractivity contribution in [3.8, 4) is 17.1 Å². The first-order chi connectivity index (χ1) is 15.1. The number of tetrazole rings is 1. The van der Waals surface area contributed by atoms with Crippen LogP contribution in [0.5, 0.6) is 5.75 Å². The van der Waals surface area contributed by atoms with Crippen molar-refractivity contribution in [2.24, 2.45) is 0 Å². The number of methoxy groups -OCH3 is 1. The fourth-order valence-electron chi connectivity index (χ4n) is 3.61. The maximum absolute atomic E-state index is 12.6. The highest BCUT2D eigenvalue weighted by Gasteiger charge is 2.19. The number of hydrogen-bond donors (Lipinski definition) is 2. The van der Waals surface area contributed by atoms with Crippen LogP contribution in [0.1, 0.15) is 36.0 Å². The van der Waals surface area contributed by atoms with E-state index in [0.29, 0.717) is 28.4 Å². The summed E-state index contributed by atoms with van der Waals surface area (Å²) in [5.74, 6) is 0.615. The van der Waals surface area contributed by atoms with E-state index in [2.05, 4.69) is 26.0 Å². The Balaban J connectivity index is 1.45. The first-order valence-electron chi connectivity index (χ1n) is 10.2. The molecule has 1 saturated carbocycles. The summed E-state index contributed by atoms with van der Waals surface area (Å²) in [4.78, 5) is 26.1. The van der Waals surface area contributed by atoms with E-state index in [4.69, 9.17) is 4.74 Å². The molecule has 2 aromatic carbocycles. The number of anilines is 1. The number of carbonyl (C=O) groups is 2. The van der Waals surface area contributed by atoms with Gasteiger partial charge < -0.3 is 15.4 Å². The van der Waals surface area contributed by atoms with Crippen LogP contribution < -0.4 is 15.4 Å². The third-order valence-electron chi connectivity index (χ3n) is 5.23. The number of benzene rings is 2. The zero-order valence-corrected chi connectivity index (χ0v) is 17.2. The lowest BCUT2D eigenvalue weighted by molar-refractivity contribution is -0.122. The summed E-state index contributed by atoms with van der Waals surface area (Å²) in [6.45, 7) is 0.00384. The SMILES string of the molecule is COc1ccc(C(=O)Nc2ccccc2-c2nnn(CC(=O)NC3CCCC3)n2)cc1. The third-order valence-corrected chi connectivity index (χ3v) is 5.23. The zero-order chi connectivity index (χ0) is 21.6. The van der Waals surface area contributed by atoms with Gasteiger partial charge in [-0.15, -0.1) is 10.2 Å². The predicted octanol–water partition coefficient (Wildman–Crippen LogP) is 2.66. The molecular weight excluding hydrogens is 396 g/mol. The van der Waals surface area contributed by atoms with Crippen LogP contribution in [0.4, 0.5) is 5.69 Å². The number of amides is 2. The molecule has 0 spiro atoms. The second kappa shape index (κ2) is 9.38. The van der Waals surface area contributed by atoms with Gasteiger partial charge in [-0.3, -0.25) is 9.59 Å². The number of hydrogen-bond acceptors (Lipinski definition) is 6. The minimum atomic E-state index is -0.265. The molecule has 160 valence electrons. The first kappa shape index (κ1) is 20.5. The van der Waals surface area contributed by atoms with Crippen LogP contribution in [-0.4, -0.2) is 45.2 Å². The summed E-state index contributed by atoms with van der Waals surface area (Å²) >= 11 is 0. The van der Waals surface area contributed by atoms with E-state index in [9.17, 15) is 9.59 Å². The van der Waals surface area contributed by atoms with Crippen molar-refractivity contribution in [3.63, 3.8) is 0 Å². The number of nitrogens with zero attached hydrogens (tertiary/aromatic N) is 4. The Kier molecular flexibility index (Phi) is 6.21. The molecule has 0 unspecified atom stereocenters. The lowest BCUT2D eigenvalue weighted by Crippen LogP contribution is -2.35. The van der Waals surface area contributed by atoms with Gasteiger partial charge in [0.05, 0.1) is 12.8 Å². The van der Waals surface area contributed by atoms with Crippen molar-refractivity contribution in [2.45, 2.75) is 38.3 Å². The molecule has 1 aromatic heterocycles. The van der Waals surface area contributed by atoms with Gasteiger partial charge in [-0.2, -0.15) is 4.80 Å². The highest BCUT2D eigenvalue weighted by molar-refractivity contribution is 6.06. The van der Waals surface area contributed by atoms with Gasteiger partial charge in [0.1, 0.15) is 12.3 Å². The van der Waals surface area contributed by atoms with Gasteiger partial charge in [0, 0.05) is 17.2 Å². The van der Waals surface area contributed by atoms with Gasteiger partial charge in [0.25, 0.3) is 5.91 Å². The monoisotopic (exact) mass is 420 g/mol. The average Bonchev–Trinajstić information content (AvgIpc) is 3.46. The summed E-state index contributed by atoms with van der Waals surface area (Å²) in [6, 6.07) is 14.3. The summed E-state index contributed by atoms with van der Waals surface area (Å²) < 4.78 is 5.12. The molecular formula is C22H24N6O3. The first-order valence-corrected chi connectivity index (χ1v) is 10.2. The van der Waals surface area contributed by atoms with Crippen LogP contribution in [-0.2, 0) is 11.3 Å². The van der Waals surface area contributed by atoms with Crippen LogP contribution in [0.25, 0.3) is 11.4 Å². The van der Waals surface area contributed by atoms with Crippen molar-refractivity contribution in [2.75, 3.05) is 12.4 Å². The molecule has 1 aliphatic rings.